The van der Waals surface area contributed by atoms with Crippen LogP contribution >= 0.6 is 0 Å². The Hall–Kier alpha value is -1.16. The molecule has 5 aliphatic carbocycles. The Bertz CT molecular complexity index is 949. The van der Waals surface area contributed by atoms with Crippen molar-refractivity contribution >= 4 is 11.8 Å². The number of carbonyl (C=O) groups is 2. The summed E-state index contributed by atoms with van der Waals surface area (Å²) < 4.78 is 0. The van der Waals surface area contributed by atoms with E-state index in [1.165, 1.54) is 5.57 Å². The van der Waals surface area contributed by atoms with E-state index < -0.39 is 11.4 Å². The van der Waals surface area contributed by atoms with Crippen LogP contribution in [0.15, 0.2) is 11.6 Å². The van der Waals surface area contributed by atoms with Crippen LogP contribution in [0.5, 0.6) is 0 Å². The number of allylic oxidation sites excluding steroid dienone is 2. The Morgan fingerprint density at radius 2 is 1.65 bits per heavy atom. The molecule has 0 aliphatic heterocycles. The average molecular weight is 471 g/mol. The van der Waals surface area contributed by atoms with E-state index in [2.05, 4.69) is 40.7 Å². The van der Waals surface area contributed by atoms with Crippen LogP contribution < -0.4 is 0 Å². The van der Waals surface area contributed by atoms with Gasteiger partial charge in [0.2, 0.25) is 0 Å². The van der Waals surface area contributed by atoms with Gasteiger partial charge in [-0.15, -0.1) is 0 Å². The molecule has 0 saturated heterocycles. The molecular formula is C30H46O4. The smallest absolute Gasteiger partial charge is 0.309 e. The fraction of sp³-hybridized carbons (Fsp3) is 0.867. The zero-order chi connectivity index (χ0) is 24.9. The van der Waals surface area contributed by atoms with Gasteiger partial charge in [0.05, 0.1) is 5.41 Å². The first kappa shape index (κ1) is 24.5. The van der Waals surface area contributed by atoms with Crippen molar-refractivity contribution in [2.24, 2.45) is 50.2 Å². The lowest BCUT2D eigenvalue weighted by Gasteiger charge is -2.71. The van der Waals surface area contributed by atoms with E-state index in [1.807, 2.05) is 6.92 Å². The Labute approximate surface area is 206 Å². The second-order valence-electron chi connectivity index (χ2n) is 14.6. The standard InChI is InChI=1S/C30H46O4/c1-25(2)21-9-11-29(6)22(30(21,18-31)12-10-23(25)32)8-7-19-20-17-27(4,24(33)34)14-13-26(20,3)15-16-28(19,29)5/h7,20-22,31H,8-18H2,1-6H3,(H,33,34). The molecule has 0 aromatic carbocycles. The van der Waals surface area contributed by atoms with Crippen molar-refractivity contribution in [3.63, 3.8) is 0 Å². The Kier molecular flexibility index (Phi) is 5.20. The molecule has 0 aromatic rings. The number of aliphatic hydroxyl groups excluding tert-OH is 1. The number of ketones is 1. The monoisotopic (exact) mass is 470 g/mol. The fourth-order valence-electron chi connectivity index (χ4n) is 10.3. The van der Waals surface area contributed by atoms with E-state index in [-0.39, 0.29) is 39.6 Å². The maximum absolute atomic E-state index is 12.9. The summed E-state index contributed by atoms with van der Waals surface area (Å²) in [6.45, 7) is 13.8. The van der Waals surface area contributed by atoms with E-state index >= 15 is 0 Å². The van der Waals surface area contributed by atoms with Crippen LogP contribution in [0, 0.1) is 50.2 Å². The van der Waals surface area contributed by atoms with Crippen LogP contribution in [0.2, 0.25) is 0 Å². The molecule has 4 heteroatoms. The van der Waals surface area contributed by atoms with Crippen LogP contribution in [0.3, 0.4) is 0 Å². The summed E-state index contributed by atoms with van der Waals surface area (Å²) in [5.74, 6) is 0.652. The summed E-state index contributed by atoms with van der Waals surface area (Å²) in [7, 11) is 0. The van der Waals surface area contributed by atoms with Crippen LogP contribution in [-0.2, 0) is 9.59 Å². The largest absolute Gasteiger partial charge is 0.481 e. The number of hydrogen-bond donors (Lipinski definition) is 2. The fourth-order valence-corrected chi connectivity index (χ4v) is 10.3. The SMILES string of the molecule is CC1(C(=O)O)CCC2(C)CCC3(C)C(=CCC4C5(CO)CCC(=O)C(C)(C)C5CCC43C)C2C1. The third kappa shape index (κ3) is 2.81. The number of aliphatic carboxylic acids is 1. The quantitative estimate of drug-likeness (QED) is 0.457. The molecule has 5 aliphatic rings. The van der Waals surface area contributed by atoms with Crippen molar-refractivity contribution in [3.8, 4) is 0 Å². The summed E-state index contributed by atoms with van der Waals surface area (Å²) >= 11 is 0. The van der Waals surface area contributed by atoms with Crippen molar-refractivity contribution in [3.05, 3.63) is 11.6 Å². The van der Waals surface area contributed by atoms with Gasteiger partial charge in [0.1, 0.15) is 5.78 Å². The lowest BCUT2D eigenvalue weighted by Crippen LogP contribution is -2.65. The highest BCUT2D eigenvalue weighted by molar-refractivity contribution is 5.85. The van der Waals surface area contributed by atoms with E-state index in [0.29, 0.717) is 24.0 Å². The van der Waals surface area contributed by atoms with Gasteiger partial charge in [-0.05, 0) is 98.7 Å². The van der Waals surface area contributed by atoms with Crippen molar-refractivity contribution in [2.75, 3.05) is 6.61 Å². The first-order chi connectivity index (χ1) is 15.7. The summed E-state index contributed by atoms with van der Waals surface area (Å²) in [5.41, 5.74) is 0.599. The highest BCUT2D eigenvalue weighted by Crippen LogP contribution is 2.75. The lowest BCUT2D eigenvalue weighted by molar-refractivity contribution is -0.201. The molecule has 0 heterocycles. The van der Waals surface area contributed by atoms with Crippen LogP contribution in [-0.4, -0.2) is 28.6 Å². The summed E-state index contributed by atoms with van der Waals surface area (Å²) in [6.07, 6.45) is 11.8. The number of carbonyl (C=O) groups excluding carboxylic acids is 1. The number of Topliss-reactive ketones (excluding diaryl/α,β-unsaturated/α-hetero) is 1. The number of hydrogen-bond acceptors (Lipinski definition) is 3. The molecular weight excluding hydrogens is 424 g/mol. The van der Waals surface area contributed by atoms with Crippen LogP contribution in [0.1, 0.15) is 106 Å². The molecule has 0 spiro atoms. The molecule has 5 rings (SSSR count). The topological polar surface area (TPSA) is 74.6 Å². The highest BCUT2D eigenvalue weighted by Gasteiger charge is 2.69. The van der Waals surface area contributed by atoms with Crippen molar-refractivity contribution in [1.29, 1.82) is 0 Å². The van der Waals surface area contributed by atoms with Gasteiger partial charge >= 0.3 is 5.97 Å². The zero-order valence-electron chi connectivity index (χ0n) is 22.3. The zero-order valence-corrected chi connectivity index (χ0v) is 22.3. The van der Waals surface area contributed by atoms with Crippen LogP contribution in [0.25, 0.3) is 0 Å². The van der Waals surface area contributed by atoms with E-state index in [9.17, 15) is 19.8 Å². The van der Waals surface area contributed by atoms with Gasteiger partial charge in [0.15, 0.2) is 0 Å². The molecule has 2 N–H and O–H groups in total. The molecule has 34 heavy (non-hydrogen) atoms. The Balaban J connectivity index is 1.60. The molecule has 4 nitrogen and oxygen atoms in total. The summed E-state index contributed by atoms with van der Waals surface area (Å²) in [6, 6.07) is 0. The third-order valence-electron chi connectivity index (χ3n) is 13.1. The maximum atomic E-state index is 12.9. The average Bonchev–Trinajstić information content (AvgIpc) is 2.77. The molecule has 0 amide bonds. The van der Waals surface area contributed by atoms with Gasteiger partial charge in [0, 0.05) is 23.9 Å². The first-order valence-corrected chi connectivity index (χ1v) is 13.8. The molecule has 4 saturated carbocycles. The summed E-state index contributed by atoms with van der Waals surface area (Å²) in [4.78, 5) is 25.2. The highest BCUT2D eigenvalue weighted by atomic mass is 16.4. The van der Waals surface area contributed by atoms with Crippen molar-refractivity contribution in [2.45, 2.75) is 106 Å². The number of fused-ring (bicyclic) bond motifs is 7. The summed E-state index contributed by atoms with van der Waals surface area (Å²) in [5, 5.41) is 21.1. The minimum Gasteiger partial charge on any atom is -0.481 e. The Morgan fingerprint density at radius 1 is 0.971 bits per heavy atom. The first-order valence-electron chi connectivity index (χ1n) is 13.8. The van der Waals surface area contributed by atoms with E-state index in [0.717, 1.165) is 57.8 Å². The maximum Gasteiger partial charge on any atom is 0.309 e. The van der Waals surface area contributed by atoms with Gasteiger partial charge in [-0.2, -0.15) is 0 Å². The van der Waals surface area contributed by atoms with Gasteiger partial charge < -0.3 is 10.2 Å². The molecule has 8 atom stereocenters. The van der Waals surface area contributed by atoms with Gasteiger partial charge in [0.25, 0.3) is 0 Å². The molecule has 0 radical (unpaired) electrons. The normalized spacial score (nSPS) is 51.9. The van der Waals surface area contributed by atoms with E-state index in [4.69, 9.17) is 0 Å². The Morgan fingerprint density at radius 3 is 2.29 bits per heavy atom. The molecule has 4 fully saturated rings. The molecule has 0 bridgehead atoms. The minimum atomic E-state index is -0.642. The van der Waals surface area contributed by atoms with E-state index in [1.54, 1.807) is 0 Å². The van der Waals surface area contributed by atoms with Crippen molar-refractivity contribution in [1.82, 2.24) is 0 Å². The minimum absolute atomic E-state index is 0.0234. The molecule has 190 valence electrons. The number of aliphatic hydroxyl groups is 1. The number of carboxylic acid groups (broad SMARTS) is 1. The second-order valence-corrected chi connectivity index (χ2v) is 14.6. The van der Waals surface area contributed by atoms with Gasteiger partial charge in [-0.1, -0.05) is 46.3 Å². The number of carboxylic acids is 1. The van der Waals surface area contributed by atoms with Crippen molar-refractivity contribution < 1.29 is 19.8 Å². The molecule has 0 aromatic heterocycles. The lowest BCUT2D eigenvalue weighted by atomic mass is 9.33. The predicted octanol–water partition coefficient (Wildman–Crippen LogP) is 6.41. The number of rotatable bonds is 2. The van der Waals surface area contributed by atoms with Crippen LogP contribution in [0.4, 0.5) is 0 Å². The van der Waals surface area contributed by atoms with Gasteiger partial charge in [-0.3, -0.25) is 9.59 Å². The van der Waals surface area contributed by atoms with Gasteiger partial charge in [-0.25, -0.2) is 0 Å². The second kappa shape index (κ2) is 7.20. The molecule has 8 unspecified atom stereocenters. The predicted molar refractivity (Wildman–Crippen MR) is 133 cm³/mol. The third-order valence-corrected chi connectivity index (χ3v) is 13.1.